The maximum absolute atomic E-state index is 13.0. The average molecular weight is 572 g/mol. The Morgan fingerprint density at radius 1 is 0.829 bits per heavy atom. The van der Waals surface area contributed by atoms with Crippen LogP contribution in [0.5, 0.6) is 17.2 Å². The molecule has 0 spiro atoms. The molecule has 0 aliphatic heterocycles. The van der Waals surface area contributed by atoms with Crippen LogP contribution in [-0.4, -0.2) is 41.8 Å². The average Bonchev–Trinajstić information content (AvgIpc) is 2.93. The van der Waals surface area contributed by atoms with E-state index < -0.39 is 52.8 Å². The zero-order chi connectivity index (χ0) is 31.0. The molecule has 10 nitrogen and oxygen atoms in total. The van der Waals surface area contributed by atoms with Gasteiger partial charge in [0.15, 0.2) is 11.5 Å². The number of rotatable bonds is 13. The van der Waals surface area contributed by atoms with E-state index in [0.29, 0.717) is 24.2 Å². The van der Waals surface area contributed by atoms with Crippen molar-refractivity contribution in [2.45, 2.75) is 73.3 Å². The molecule has 2 rings (SSSR count). The third-order valence-electron chi connectivity index (χ3n) is 7.32. The summed E-state index contributed by atoms with van der Waals surface area (Å²) in [6.45, 7) is 12.1. The van der Waals surface area contributed by atoms with E-state index in [1.165, 1.54) is 12.1 Å². The second kappa shape index (κ2) is 14.1. The molecule has 10 heteroatoms. The maximum atomic E-state index is 13.0. The summed E-state index contributed by atoms with van der Waals surface area (Å²) in [4.78, 5) is 50.0. The highest BCUT2D eigenvalue weighted by Gasteiger charge is 2.35. The van der Waals surface area contributed by atoms with E-state index in [-0.39, 0.29) is 18.1 Å². The number of hydrogen-bond donors (Lipinski definition) is 2. The van der Waals surface area contributed by atoms with Crippen molar-refractivity contribution in [2.24, 2.45) is 22.5 Å². The van der Waals surface area contributed by atoms with Gasteiger partial charge in [-0.05, 0) is 76.3 Å². The van der Waals surface area contributed by atoms with Crippen molar-refractivity contribution >= 4 is 24.1 Å². The molecule has 0 fully saturated rings. The summed E-state index contributed by atoms with van der Waals surface area (Å²) in [7, 11) is 0. The van der Waals surface area contributed by atoms with Crippen molar-refractivity contribution in [2.75, 3.05) is 6.61 Å². The molecule has 0 radical (unpaired) electrons. The number of carboxylic acids is 1. The van der Waals surface area contributed by atoms with E-state index >= 15 is 0 Å². The molecule has 2 aromatic carbocycles. The highest BCUT2D eigenvalue weighted by Crippen LogP contribution is 2.38. The third kappa shape index (κ3) is 9.04. The number of nitrogens with two attached hydrogens (primary N) is 1. The minimum absolute atomic E-state index is 0.0125. The van der Waals surface area contributed by atoms with Gasteiger partial charge in [-0.15, -0.1) is 0 Å². The van der Waals surface area contributed by atoms with Crippen LogP contribution in [0.1, 0.15) is 72.8 Å². The van der Waals surface area contributed by atoms with Gasteiger partial charge in [0.05, 0.1) is 17.4 Å². The van der Waals surface area contributed by atoms with Crippen LogP contribution in [0.25, 0.3) is 0 Å². The third-order valence-corrected chi connectivity index (χ3v) is 7.32. The molecule has 41 heavy (non-hydrogen) atoms. The first-order valence-electron chi connectivity index (χ1n) is 13.6. The number of esters is 2. The second-order valence-corrected chi connectivity index (χ2v) is 11.3. The Balaban J connectivity index is 2.42. The van der Waals surface area contributed by atoms with Gasteiger partial charge in [0.2, 0.25) is 0 Å². The summed E-state index contributed by atoms with van der Waals surface area (Å²) in [6, 6.07) is 11.4. The smallest absolute Gasteiger partial charge is 0.480 e. The molecule has 0 aliphatic rings. The molecular formula is C31H41NO9. The zero-order valence-corrected chi connectivity index (χ0v) is 24.8. The predicted molar refractivity (Wildman–Crippen MR) is 152 cm³/mol. The van der Waals surface area contributed by atoms with Crippen molar-refractivity contribution in [1.29, 1.82) is 0 Å². The van der Waals surface area contributed by atoms with Crippen molar-refractivity contribution in [1.82, 2.24) is 0 Å². The molecule has 3 atom stereocenters. The Bertz CT molecular complexity index is 1220. The number of carboxylic acid groups (broad SMARTS) is 1. The first-order valence-corrected chi connectivity index (χ1v) is 13.6. The lowest BCUT2D eigenvalue weighted by molar-refractivity contribution is -0.147. The first-order chi connectivity index (χ1) is 19.1. The molecule has 0 amide bonds. The molecule has 0 heterocycles. The highest BCUT2D eigenvalue weighted by molar-refractivity contribution is 5.82. The van der Waals surface area contributed by atoms with Gasteiger partial charge in [0.1, 0.15) is 11.8 Å². The number of carbonyl (C=O) groups is 4. The SMILES string of the molecule is CCC(C)(C)C(=O)Oc1ccc(C(C(C)COC(=O)Oc2ccccc2)[C@H](N)C(=O)O)cc1OC(=O)C(C)(C)CC. The maximum Gasteiger partial charge on any atom is 0.513 e. The summed E-state index contributed by atoms with van der Waals surface area (Å²) in [5.74, 6) is -3.58. The molecule has 0 aliphatic carbocycles. The normalized spacial score (nSPS) is 13.9. The minimum Gasteiger partial charge on any atom is -0.480 e. The number of para-hydroxylation sites is 1. The van der Waals surface area contributed by atoms with Crippen molar-refractivity contribution in [3.8, 4) is 17.2 Å². The van der Waals surface area contributed by atoms with Gasteiger partial charge in [-0.2, -0.15) is 0 Å². The molecule has 0 aromatic heterocycles. The van der Waals surface area contributed by atoms with Gasteiger partial charge < -0.3 is 29.8 Å². The van der Waals surface area contributed by atoms with Crippen LogP contribution in [0.15, 0.2) is 48.5 Å². The highest BCUT2D eigenvalue weighted by atomic mass is 16.7. The number of benzene rings is 2. The molecule has 0 saturated heterocycles. The van der Waals surface area contributed by atoms with Gasteiger partial charge in [-0.1, -0.05) is 45.0 Å². The molecule has 3 N–H and O–H groups in total. The number of ether oxygens (including phenoxy) is 4. The van der Waals surface area contributed by atoms with Crippen molar-refractivity contribution < 1.29 is 43.2 Å². The molecule has 224 valence electrons. The number of hydrogen-bond acceptors (Lipinski definition) is 9. The summed E-state index contributed by atoms with van der Waals surface area (Å²) in [5, 5.41) is 9.77. The molecule has 0 bridgehead atoms. The van der Waals surface area contributed by atoms with Crippen LogP contribution in [0, 0.1) is 16.7 Å². The Hall–Kier alpha value is -3.92. The quantitative estimate of drug-likeness (QED) is 0.173. The lowest BCUT2D eigenvalue weighted by Gasteiger charge is -2.28. The Morgan fingerprint density at radius 2 is 1.37 bits per heavy atom. The minimum atomic E-state index is -1.40. The van der Waals surface area contributed by atoms with E-state index in [0.717, 1.165) is 0 Å². The van der Waals surface area contributed by atoms with Gasteiger partial charge in [0, 0.05) is 5.92 Å². The first kappa shape index (κ1) is 33.3. The van der Waals surface area contributed by atoms with Crippen LogP contribution >= 0.6 is 0 Å². The lowest BCUT2D eigenvalue weighted by Crippen LogP contribution is -2.40. The fraction of sp³-hybridized carbons (Fsp3) is 0.484. The predicted octanol–water partition coefficient (Wildman–Crippen LogP) is 5.72. The second-order valence-electron chi connectivity index (χ2n) is 11.3. The van der Waals surface area contributed by atoms with E-state index in [4.69, 9.17) is 24.7 Å². The van der Waals surface area contributed by atoms with Crippen LogP contribution < -0.4 is 19.9 Å². The zero-order valence-electron chi connectivity index (χ0n) is 24.8. The van der Waals surface area contributed by atoms with Crippen molar-refractivity contribution in [3.63, 3.8) is 0 Å². The van der Waals surface area contributed by atoms with Gasteiger partial charge in [0.25, 0.3) is 0 Å². The summed E-state index contributed by atoms with van der Waals surface area (Å²) >= 11 is 0. The Morgan fingerprint density at radius 3 is 1.88 bits per heavy atom. The van der Waals surface area contributed by atoms with E-state index in [1.807, 2.05) is 13.8 Å². The molecular weight excluding hydrogens is 530 g/mol. The monoisotopic (exact) mass is 571 g/mol. The Kier molecular flexibility index (Phi) is 11.5. The lowest BCUT2D eigenvalue weighted by atomic mass is 9.82. The topological polar surface area (TPSA) is 151 Å². The van der Waals surface area contributed by atoms with Gasteiger partial charge in [-0.3, -0.25) is 14.4 Å². The van der Waals surface area contributed by atoms with Gasteiger partial charge in [-0.25, -0.2) is 4.79 Å². The number of aliphatic carboxylic acids is 1. The fourth-order valence-electron chi connectivity index (χ4n) is 3.62. The fourth-order valence-corrected chi connectivity index (χ4v) is 3.62. The van der Waals surface area contributed by atoms with Crippen LogP contribution in [0.4, 0.5) is 4.79 Å². The molecule has 2 unspecified atom stereocenters. The van der Waals surface area contributed by atoms with Gasteiger partial charge >= 0.3 is 24.1 Å². The molecule has 2 aromatic rings. The number of carbonyl (C=O) groups excluding carboxylic acids is 3. The van der Waals surface area contributed by atoms with E-state index in [1.54, 1.807) is 71.0 Å². The largest absolute Gasteiger partial charge is 0.513 e. The standard InChI is InChI=1S/C31H41NO9/c1-8-30(4,5)27(35)40-22-16-15-20(17-23(22)41-28(36)31(6,7)9-2)24(25(32)26(33)34)19(3)18-38-29(37)39-21-13-11-10-12-14-21/h10-17,19,24-25H,8-9,18,32H2,1-7H3,(H,33,34)/t19?,24?,25-/m0/s1. The van der Waals surface area contributed by atoms with E-state index in [2.05, 4.69) is 0 Å². The van der Waals surface area contributed by atoms with Crippen molar-refractivity contribution in [3.05, 3.63) is 54.1 Å². The van der Waals surface area contributed by atoms with Crippen LogP contribution in [0.3, 0.4) is 0 Å². The van der Waals surface area contributed by atoms with Crippen LogP contribution in [-0.2, 0) is 19.1 Å². The summed E-state index contributed by atoms with van der Waals surface area (Å²) < 4.78 is 21.7. The Labute approximate surface area is 241 Å². The summed E-state index contributed by atoms with van der Waals surface area (Å²) in [5.41, 5.74) is 4.85. The van der Waals surface area contributed by atoms with E-state index in [9.17, 15) is 24.3 Å². The van der Waals surface area contributed by atoms with Crippen LogP contribution in [0.2, 0.25) is 0 Å². The molecule has 0 saturated carbocycles. The summed E-state index contributed by atoms with van der Waals surface area (Å²) in [6.07, 6.45) is 0.0495.